The number of imidazole rings is 1. The van der Waals surface area contributed by atoms with Gasteiger partial charge in [-0.2, -0.15) is 0 Å². The average molecular weight is 279 g/mol. The van der Waals surface area contributed by atoms with Crippen LogP contribution in [0.4, 0.5) is 5.82 Å². The normalized spacial score (nSPS) is 35.5. The lowest BCUT2D eigenvalue weighted by molar-refractivity contribution is -0.114. The molecule has 0 saturated carbocycles. The Labute approximate surface area is 112 Å². The summed E-state index contributed by atoms with van der Waals surface area (Å²) in [7, 11) is 0. The number of nitrogens with two attached hydrogens (primary N) is 1. The molecule has 1 fully saturated rings. The summed E-state index contributed by atoms with van der Waals surface area (Å²) in [6.07, 6.45) is -5.24. The quantitative estimate of drug-likeness (QED) is 0.451. The Balaban J connectivity index is 2.04. The number of aryl methyl sites for hydroxylation is 1. The Morgan fingerprint density at radius 3 is 2.65 bits per heavy atom. The van der Waals surface area contributed by atoms with E-state index in [-0.39, 0.29) is 11.6 Å². The van der Waals surface area contributed by atoms with Crippen molar-refractivity contribution in [3.63, 3.8) is 0 Å². The Hall–Kier alpha value is -1.81. The Morgan fingerprint density at radius 1 is 1.15 bits per heavy atom. The molecule has 4 heterocycles. The molecule has 0 amide bonds. The molecule has 5 N–H and O–H groups in total. The van der Waals surface area contributed by atoms with Gasteiger partial charge in [-0.25, -0.2) is 15.0 Å². The number of aromatic nitrogens is 4. The number of hydrogen-bond acceptors (Lipinski definition) is 8. The summed E-state index contributed by atoms with van der Waals surface area (Å²) in [4.78, 5) is 12.5. The first-order chi connectivity index (χ1) is 9.49. The minimum Gasteiger partial charge on any atom is -0.387 e. The third kappa shape index (κ3) is 1.27. The number of rotatable bonds is 0. The molecular formula is C11H13N5O4. The highest BCUT2D eigenvalue weighted by Crippen LogP contribution is 2.43. The summed E-state index contributed by atoms with van der Waals surface area (Å²) in [5, 5.41) is 30.1. The summed E-state index contributed by atoms with van der Waals surface area (Å²) in [5.41, 5.74) is 6.54. The van der Waals surface area contributed by atoms with Crippen LogP contribution >= 0.6 is 0 Å². The molecule has 4 rings (SSSR count). The monoisotopic (exact) mass is 279 g/mol. The van der Waals surface area contributed by atoms with Crippen molar-refractivity contribution in [1.82, 2.24) is 19.5 Å². The van der Waals surface area contributed by atoms with Crippen LogP contribution in [-0.2, 0) is 4.74 Å². The molecule has 20 heavy (non-hydrogen) atoms. The molecule has 0 radical (unpaired) electrons. The van der Waals surface area contributed by atoms with E-state index < -0.39 is 30.6 Å². The predicted molar refractivity (Wildman–Crippen MR) is 65.4 cm³/mol. The van der Waals surface area contributed by atoms with Gasteiger partial charge in [0.05, 0.1) is 0 Å². The van der Waals surface area contributed by atoms with Crippen molar-refractivity contribution in [1.29, 1.82) is 0 Å². The van der Waals surface area contributed by atoms with Gasteiger partial charge in [0, 0.05) is 0 Å². The van der Waals surface area contributed by atoms with Crippen LogP contribution < -0.4 is 5.73 Å². The lowest BCUT2D eigenvalue weighted by atomic mass is 10.1. The van der Waals surface area contributed by atoms with Crippen LogP contribution in [0.15, 0.2) is 0 Å². The Morgan fingerprint density at radius 2 is 1.90 bits per heavy atom. The zero-order valence-corrected chi connectivity index (χ0v) is 10.5. The first-order valence-electron chi connectivity index (χ1n) is 6.20. The van der Waals surface area contributed by atoms with Crippen molar-refractivity contribution in [3.8, 4) is 0 Å². The SMILES string of the molecule is Cc1nc(N)c2nc3n(c2n1)C1OC(C3O)C(O)C1O. The van der Waals surface area contributed by atoms with E-state index in [1.54, 1.807) is 6.92 Å². The standard InChI is InChI=1S/C11H13N5O4/c1-2-13-8(12)3-9(14-2)16-10(15-3)6(19)7-4(17)5(18)11(16)20-7/h4-7,11,17-19H,1H3,(H2,12,13,14). The fourth-order valence-corrected chi connectivity index (χ4v) is 2.89. The molecule has 106 valence electrons. The zero-order chi connectivity index (χ0) is 14.2. The zero-order valence-electron chi connectivity index (χ0n) is 10.5. The molecule has 5 atom stereocenters. The number of fused-ring (bicyclic) bond motifs is 6. The average Bonchev–Trinajstić information content (AvgIpc) is 2.88. The second-order valence-electron chi connectivity index (χ2n) is 5.09. The Bertz CT molecular complexity index is 716. The van der Waals surface area contributed by atoms with Gasteiger partial charge in [0.2, 0.25) is 0 Å². The topological polar surface area (TPSA) is 140 Å². The number of hydrogen-bond donors (Lipinski definition) is 4. The lowest BCUT2D eigenvalue weighted by Gasteiger charge is -2.27. The van der Waals surface area contributed by atoms with Gasteiger partial charge in [-0.3, -0.25) is 4.57 Å². The predicted octanol–water partition coefficient (Wildman–Crippen LogP) is -1.62. The van der Waals surface area contributed by atoms with Crippen LogP contribution in [0.3, 0.4) is 0 Å². The van der Waals surface area contributed by atoms with Crippen LogP contribution in [0.2, 0.25) is 0 Å². The summed E-state index contributed by atoms with van der Waals surface area (Å²) < 4.78 is 6.95. The number of nitrogen functional groups attached to an aromatic ring is 1. The summed E-state index contributed by atoms with van der Waals surface area (Å²) in [6, 6.07) is 0. The number of aliphatic hydroxyl groups excluding tert-OH is 3. The molecule has 1 saturated heterocycles. The van der Waals surface area contributed by atoms with Gasteiger partial charge in [-0.15, -0.1) is 0 Å². The van der Waals surface area contributed by atoms with Crippen LogP contribution in [-0.4, -0.2) is 53.2 Å². The smallest absolute Gasteiger partial charge is 0.168 e. The van der Waals surface area contributed by atoms with Crippen molar-refractivity contribution in [2.75, 3.05) is 5.73 Å². The second-order valence-corrected chi connectivity index (χ2v) is 5.09. The van der Waals surface area contributed by atoms with E-state index in [1.807, 2.05) is 0 Å². The van der Waals surface area contributed by atoms with Crippen molar-refractivity contribution >= 4 is 17.0 Å². The molecule has 2 aliphatic rings. The second kappa shape index (κ2) is 3.64. The molecule has 9 nitrogen and oxygen atoms in total. The number of ether oxygens (including phenoxy) is 1. The van der Waals surface area contributed by atoms with Crippen molar-refractivity contribution < 1.29 is 20.1 Å². The molecule has 2 aliphatic heterocycles. The number of anilines is 1. The van der Waals surface area contributed by atoms with Crippen LogP contribution in [0, 0.1) is 6.92 Å². The van der Waals surface area contributed by atoms with Crippen LogP contribution in [0.25, 0.3) is 11.2 Å². The maximum atomic E-state index is 10.2. The maximum Gasteiger partial charge on any atom is 0.168 e. The fraction of sp³-hybridized carbons (Fsp3) is 0.545. The summed E-state index contributed by atoms with van der Waals surface area (Å²) >= 11 is 0. The van der Waals surface area contributed by atoms with Crippen LogP contribution in [0.1, 0.15) is 24.0 Å². The van der Waals surface area contributed by atoms with E-state index in [2.05, 4.69) is 15.0 Å². The highest BCUT2D eigenvalue weighted by atomic mass is 16.6. The number of aliphatic hydroxyl groups is 3. The van der Waals surface area contributed by atoms with Gasteiger partial charge in [0.25, 0.3) is 0 Å². The minimum atomic E-state index is -1.17. The molecule has 2 aromatic heterocycles. The lowest BCUT2D eigenvalue weighted by Crippen LogP contribution is -2.34. The molecule has 2 bridgehead atoms. The van der Waals surface area contributed by atoms with E-state index in [9.17, 15) is 15.3 Å². The van der Waals surface area contributed by atoms with Gasteiger partial charge in [0.1, 0.15) is 36.1 Å². The van der Waals surface area contributed by atoms with Gasteiger partial charge in [-0.05, 0) is 6.92 Å². The van der Waals surface area contributed by atoms with E-state index in [1.165, 1.54) is 4.57 Å². The minimum absolute atomic E-state index is 0.201. The molecule has 0 aliphatic carbocycles. The molecule has 5 unspecified atom stereocenters. The first kappa shape index (κ1) is 12.0. The molecule has 0 spiro atoms. The van der Waals surface area contributed by atoms with Gasteiger partial charge >= 0.3 is 0 Å². The van der Waals surface area contributed by atoms with Crippen molar-refractivity contribution in [3.05, 3.63) is 11.6 Å². The van der Waals surface area contributed by atoms with Crippen molar-refractivity contribution in [2.24, 2.45) is 0 Å². The molecule has 2 aromatic rings. The first-order valence-corrected chi connectivity index (χ1v) is 6.20. The fourth-order valence-electron chi connectivity index (χ4n) is 2.89. The van der Waals surface area contributed by atoms with Gasteiger partial charge in [-0.1, -0.05) is 0 Å². The van der Waals surface area contributed by atoms with Gasteiger partial charge < -0.3 is 25.8 Å². The summed E-state index contributed by atoms with van der Waals surface area (Å²) in [6.45, 7) is 1.68. The van der Waals surface area contributed by atoms with E-state index in [0.717, 1.165) is 0 Å². The van der Waals surface area contributed by atoms with E-state index in [4.69, 9.17) is 10.5 Å². The third-order valence-corrected chi connectivity index (χ3v) is 3.81. The van der Waals surface area contributed by atoms with Crippen molar-refractivity contribution in [2.45, 2.75) is 37.6 Å². The van der Waals surface area contributed by atoms with Gasteiger partial charge in [0.15, 0.2) is 23.2 Å². The highest BCUT2D eigenvalue weighted by molar-refractivity contribution is 5.82. The van der Waals surface area contributed by atoms with E-state index in [0.29, 0.717) is 17.0 Å². The number of nitrogens with zero attached hydrogens (tertiary/aromatic N) is 4. The largest absolute Gasteiger partial charge is 0.387 e. The third-order valence-electron chi connectivity index (χ3n) is 3.81. The Kier molecular flexibility index (Phi) is 2.18. The van der Waals surface area contributed by atoms with Crippen LogP contribution in [0.5, 0.6) is 0 Å². The highest BCUT2D eigenvalue weighted by Gasteiger charge is 2.53. The molecule has 0 aromatic carbocycles. The summed E-state index contributed by atoms with van der Waals surface area (Å²) in [5.74, 6) is 0.915. The van der Waals surface area contributed by atoms with E-state index >= 15 is 0 Å². The molecule has 9 heteroatoms. The maximum absolute atomic E-state index is 10.2. The molecular weight excluding hydrogens is 266 g/mol.